The van der Waals surface area contributed by atoms with Crippen LogP contribution >= 0.6 is 10.7 Å². The Morgan fingerprint density at radius 1 is 1.60 bits per heavy atom. The third kappa shape index (κ3) is 2.47. The van der Waals surface area contributed by atoms with Gasteiger partial charge in [0.25, 0.3) is 9.24 Å². The highest BCUT2D eigenvalue weighted by Gasteiger charge is 2.29. The van der Waals surface area contributed by atoms with Crippen molar-refractivity contribution in [1.82, 2.24) is 19.5 Å². The Hall–Kier alpha value is -0.660. The van der Waals surface area contributed by atoms with Crippen LogP contribution in [0.5, 0.6) is 0 Å². The zero-order valence-corrected chi connectivity index (χ0v) is 9.50. The van der Waals surface area contributed by atoms with E-state index in [1.54, 1.807) is 0 Å². The third-order valence-corrected chi connectivity index (χ3v) is 4.05. The zero-order chi connectivity index (χ0) is 10.9. The molecule has 0 radical (unpaired) electrons. The molecule has 0 amide bonds. The normalized spacial score (nSPS) is 24.2. The minimum absolute atomic E-state index is 0.0646. The predicted molar refractivity (Wildman–Crippen MR) is 54.7 cm³/mol. The van der Waals surface area contributed by atoms with Crippen molar-refractivity contribution in [2.75, 3.05) is 13.1 Å². The molecule has 15 heavy (non-hydrogen) atoms. The van der Waals surface area contributed by atoms with Gasteiger partial charge in [-0.25, -0.2) is 4.98 Å². The molecule has 1 atom stereocenters. The molecule has 1 aliphatic heterocycles. The van der Waals surface area contributed by atoms with Crippen LogP contribution in [-0.4, -0.2) is 41.0 Å². The van der Waals surface area contributed by atoms with Gasteiger partial charge in [-0.1, -0.05) is 0 Å². The fourth-order valence-corrected chi connectivity index (χ4v) is 2.86. The molecule has 1 unspecified atom stereocenters. The predicted octanol–water partition coefficient (Wildman–Crippen LogP) is 0.468. The maximum atomic E-state index is 11.1. The number of aromatic amines is 1. The molecular weight excluding hydrogens is 240 g/mol. The Kier molecular flexibility index (Phi) is 2.94. The van der Waals surface area contributed by atoms with Gasteiger partial charge in [0.2, 0.25) is 0 Å². The lowest BCUT2D eigenvalue weighted by Crippen LogP contribution is -2.36. The summed E-state index contributed by atoms with van der Waals surface area (Å²) in [6.45, 7) is 0.859. The first kappa shape index (κ1) is 10.8. The van der Waals surface area contributed by atoms with Gasteiger partial charge in [0.05, 0.1) is 0 Å². The maximum Gasteiger partial charge on any atom is 0.299 e. The molecule has 1 aliphatic rings. The molecule has 0 bridgehead atoms. The zero-order valence-electron chi connectivity index (χ0n) is 7.93. The van der Waals surface area contributed by atoms with Crippen LogP contribution in [0.2, 0.25) is 0 Å². The van der Waals surface area contributed by atoms with E-state index in [-0.39, 0.29) is 5.92 Å². The van der Waals surface area contributed by atoms with Gasteiger partial charge in [-0.05, 0) is 12.8 Å². The fraction of sp³-hybridized carbons (Fsp3) is 0.714. The van der Waals surface area contributed by atoms with Crippen LogP contribution in [0.25, 0.3) is 0 Å². The highest BCUT2D eigenvalue weighted by molar-refractivity contribution is 8.11. The van der Waals surface area contributed by atoms with Crippen molar-refractivity contribution in [1.29, 1.82) is 0 Å². The van der Waals surface area contributed by atoms with Gasteiger partial charge in [-0.3, -0.25) is 5.10 Å². The SMILES string of the molecule is O=S(=O)(Cl)N1CCCC(c2ncn[nH]2)C1. The third-order valence-electron chi connectivity index (χ3n) is 2.51. The van der Waals surface area contributed by atoms with Gasteiger partial charge >= 0.3 is 0 Å². The molecule has 0 spiro atoms. The van der Waals surface area contributed by atoms with E-state index in [0.717, 1.165) is 18.7 Å². The lowest BCUT2D eigenvalue weighted by molar-refractivity contribution is 0.314. The molecule has 1 aromatic rings. The monoisotopic (exact) mass is 250 g/mol. The van der Waals surface area contributed by atoms with Crippen LogP contribution in [0.4, 0.5) is 0 Å². The maximum absolute atomic E-state index is 11.1. The molecule has 84 valence electrons. The van der Waals surface area contributed by atoms with Gasteiger partial charge in [0.15, 0.2) is 0 Å². The van der Waals surface area contributed by atoms with E-state index in [4.69, 9.17) is 10.7 Å². The number of H-pyrrole nitrogens is 1. The molecule has 1 aromatic heterocycles. The molecule has 2 rings (SSSR count). The van der Waals surface area contributed by atoms with Crippen LogP contribution in [0.15, 0.2) is 6.33 Å². The summed E-state index contributed by atoms with van der Waals surface area (Å²) in [6, 6.07) is 0. The molecule has 8 heteroatoms. The molecular formula is C7H11ClN4O2S. The molecule has 6 nitrogen and oxygen atoms in total. The Morgan fingerprint density at radius 3 is 3.00 bits per heavy atom. The minimum Gasteiger partial charge on any atom is -0.263 e. The van der Waals surface area contributed by atoms with Crippen molar-refractivity contribution in [2.24, 2.45) is 0 Å². The van der Waals surface area contributed by atoms with Crippen LogP contribution in [0, 0.1) is 0 Å². The van der Waals surface area contributed by atoms with E-state index in [1.165, 1.54) is 10.6 Å². The fourth-order valence-electron chi connectivity index (χ4n) is 1.78. The number of nitrogens with one attached hydrogen (secondary N) is 1. The van der Waals surface area contributed by atoms with E-state index in [9.17, 15) is 8.42 Å². The van der Waals surface area contributed by atoms with Gasteiger partial charge in [0, 0.05) is 29.7 Å². The molecule has 0 saturated carbocycles. The lowest BCUT2D eigenvalue weighted by atomic mass is 9.99. The van der Waals surface area contributed by atoms with Crippen molar-refractivity contribution in [3.05, 3.63) is 12.2 Å². The summed E-state index contributed by atoms with van der Waals surface area (Å²) in [6.07, 6.45) is 3.11. The van der Waals surface area contributed by atoms with Gasteiger partial charge < -0.3 is 0 Å². The number of hydrogen-bond donors (Lipinski definition) is 1. The number of nitrogens with zero attached hydrogens (tertiary/aromatic N) is 3. The molecule has 1 fully saturated rings. The summed E-state index contributed by atoms with van der Waals surface area (Å²) >= 11 is 0. The Labute approximate surface area is 92.2 Å². The summed E-state index contributed by atoms with van der Waals surface area (Å²) in [7, 11) is 1.68. The number of halogens is 1. The standard InChI is InChI=1S/C7H11ClN4O2S/c8-15(13,14)12-3-1-2-6(4-12)7-9-5-10-11-7/h5-6H,1-4H2,(H,9,10,11). The summed E-state index contributed by atoms with van der Waals surface area (Å²) in [4.78, 5) is 4.03. The van der Waals surface area contributed by atoms with Crippen LogP contribution in [0.3, 0.4) is 0 Å². The highest BCUT2D eigenvalue weighted by Crippen LogP contribution is 2.26. The quantitative estimate of drug-likeness (QED) is 0.774. The second-order valence-corrected chi connectivity index (χ2v) is 6.02. The summed E-state index contributed by atoms with van der Waals surface area (Å²) in [5.41, 5.74) is 0. The van der Waals surface area contributed by atoms with Gasteiger partial charge in [-0.15, -0.1) is 0 Å². The van der Waals surface area contributed by atoms with Crippen molar-refractivity contribution in [3.8, 4) is 0 Å². The molecule has 0 aromatic carbocycles. The average Bonchev–Trinajstić information content (AvgIpc) is 2.69. The molecule has 1 N–H and O–H groups in total. The Balaban J connectivity index is 2.12. The van der Waals surface area contributed by atoms with Crippen LogP contribution < -0.4 is 0 Å². The smallest absolute Gasteiger partial charge is 0.263 e. The largest absolute Gasteiger partial charge is 0.299 e. The van der Waals surface area contributed by atoms with Crippen molar-refractivity contribution >= 4 is 19.9 Å². The number of hydrogen-bond acceptors (Lipinski definition) is 4. The molecule has 0 aliphatic carbocycles. The summed E-state index contributed by atoms with van der Waals surface area (Å²) in [5.74, 6) is 0.787. The van der Waals surface area contributed by atoms with E-state index < -0.39 is 9.24 Å². The number of aromatic nitrogens is 3. The second kappa shape index (κ2) is 4.07. The highest BCUT2D eigenvalue weighted by atomic mass is 35.7. The Morgan fingerprint density at radius 2 is 2.40 bits per heavy atom. The Bertz CT molecular complexity index is 418. The van der Waals surface area contributed by atoms with E-state index in [0.29, 0.717) is 13.1 Å². The topological polar surface area (TPSA) is 79.0 Å². The van der Waals surface area contributed by atoms with Gasteiger partial charge in [-0.2, -0.15) is 17.8 Å². The first-order chi connectivity index (χ1) is 7.07. The van der Waals surface area contributed by atoms with Crippen molar-refractivity contribution in [3.63, 3.8) is 0 Å². The first-order valence-corrected chi connectivity index (χ1v) is 6.89. The lowest BCUT2D eigenvalue weighted by Gasteiger charge is -2.28. The average molecular weight is 251 g/mol. The van der Waals surface area contributed by atoms with Crippen LogP contribution in [-0.2, 0) is 9.24 Å². The van der Waals surface area contributed by atoms with Gasteiger partial charge in [0.1, 0.15) is 12.2 Å². The number of rotatable bonds is 2. The molecule has 1 saturated heterocycles. The second-order valence-electron chi connectivity index (χ2n) is 3.51. The van der Waals surface area contributed by atoms with Crippen molar-refractivity contribution in [2.45, 2.75) is 18.8 Å². The van der Waals surface area contributed by atoms with Crippen molar-refractivity contribution < 1.29 is 8.42 Å². The van der Waals surface area contributed by atoms with E-state index in [1.807, 2.05) is 0 Å². The van der Waals surface area contributed by atoms with Crippen LogP contribution in [0.1, 0.15) is 24.6 Å². The summed E-state index contributed by atoms with van der Waals surface area (Å²) in [5, 5.41) is 6.50. The minimum atomic E-state index is -3.61. The first-order valence-electron chi connectivity index (χ1n) is 4.62. The molecule has 2 heterocycles. The summed E-state index contributed by atoms with van der Waals surface area (Å²) < 4.78 is 23.6. The van der Waals surface area contributed by atoms with E-state index in [2.05, 4.69) is 15.2 Å². The number of piperidine rings is 1. The van der Waals surface area contributed by atoms with E-state index >= 15 is 0 Å².